The summed E-state index contributed by atoms with van der Waals surface area (Å²) in [5, 5.41) is 3.06. The third kappa shape index (κ3) is 5.13. The van der Waals surface area contributed by atoms with E-state index in [9.17, 15) is 14.4 Å². The predicted molar refractivity (Wildman–Crippen MR) is 132 cm³/mol. The molecule has 2 heterocycles. The molecule has 0 spiro atoms. The van der Waals surface area contributed by atoms with Crippen LogP contribution in [-0.2, 0) is 29.2 Å². The van der Waals surface area contributed by atoms with Crippen molar-refractivity contribution in [2.24, 2.45) is 0 Å². The van der Waals surface area contributed by atoms with Crippen LogP contribution in [0, 0.1) is 0 Å². The van der Waals surface area contributed by atoms with Gasteiger partial charge in [0.2, 0.25) is 5.91 Å². The number of amides is 1. The number of anilines is 1. The van der Waals surface area contributed by atoms with Crippen LogP contribution in [0.2, 0.25) is 5.02 Å². The zero-order chi connectivity index (χ0) is 24.9. The van der Waals surface area contributed by atoms with E-state index in [1.165, 1.54) is 24.1 Å². The third-order valence-corrected chi connectivity index (χ3v) is 5.68. The summed E-state index contributed by atoms with van der Waals surface area (Å²) in [6, 6.07) is 14.1. The van der Waals surface area contributed by atoms with Crippen molar-refractivity contribution in [3.63, 3.8) is 0 Å². The highest BCUT2D eigenvalue weighted by molar-refractivity contribution is 6.31. The second kappa shape index (κ2) is 10.6. The first-order valence-electron chi connectivity index (χ1n) is 10.8. The molecule has 4 rings (SSSR count). The smallest absolute Gasteiger partial charge is 0.333 e. The fraction of sp³-hybridized carbons (Fsp3) is 0.250. The zero-order valence-corrected chi connectivity index (χ0v) is 20.0. The molecule has 182 valence electrons. The van der Waals surface area contributed by atoms with Gasteiger partial charge in [-0.25, -0.2) is 14.3 Å². The Balaban J connectivity index is 1.78. The molecule has 0 bridgehead atoms. The summed E-state index contributed by atoms with van der Waals surface area (Å²) in [6.07, 6.45) is 1.49. The van der Waals surface area contributed by atoms with Crippen LogP contribution in [0.15, 0.2) is 64.4 Å². The molecule has 1 N–H and O–H groups in total. The lowest BCUT2D eigenvalue weighted by Crippen LogP contribution is -2.43. The Labute approximate surface area is 205 Å². The number of nitrogens with one attached hydrogen (secondary N) is 1. The molecule has 0 radical (unpaired) electrons. The lowest BCUT2D eigenvalue weighted by molar-refractivity contribution is -0.116. The third-order valence-electron chi connectivity index (χ3n) is 5.44. The molecule has 11 heteroatoms. The van der Waals surface area contributed by atoms with Crippen LogP contribution in [0.5, 0.6) is 5.75 Å². The molecule has 0 aliphatic carbocycles. The number of carbonyl (C=O) groups excluding carboxylic acids is 1. The summed E-state index contributed by atoms with van der Waals surface area (Å²) in [4.78, 5) is 44.1. The fourth-order valence-corrected chi connectivity index (χ4v) is 3.93. The number of fused-ring (bicyclic) bond motifs is 1. The summed E-state index contributed by atoms with van der Waals surface area (Å²) >= 11 is 6.04. The van der Waals surface area contributed by atoms with Crippen LogP contribution < -0.4 is 21.3 Å². The molecule has 2 aromatic carbocycles. The average Bonchev–Trinajstić information content (AvgIpc) is 3.28. The van der Waals surface area contributed by atoms with E-state index in [2.05, 4.69) is 10.3 Å². The number of aromatic nitrogens is 4. The normalized spacial score (nSPS) is 11.1. The number of carbonyl (C=O) groups is 1. The number of hydrogen-bond acceptors (Lipinski definition) is 6. The van der Waals surface area contributed by atoms with E-state index in [1.54, 1.807) is 23.8 Å². The van der Waals surface area contributed by atoms with Gasteiger partial charge in [0.1, 0.15) is 12.3 Å². The van der Waals surface area contributed by atoms with Gasteiger partial charge in [-0.05, 0) is 23.8 Å². The molecular formula is C24H24ClN5O5. The maximum Gasteiger partial charge on any atom is 0.333 e. The van der Waals surface area contributed by atoms with E-state index in [1.807, 2.05) is 30.3 Å². The zero-order valence-electron chi connectivity index (χ0n) is 19.2. The highest BCUT2D eigenvalue weighted by atomic mass is 35.5. The predicted octanol–water partition coefficient (Wildman–Crippen LogP) is 2.36. The largest absolute Gasteiger partial charge is 0.495 e. The van der Waals surface area contributed by atoms with Crippen molar-refractivity contribution in [3.05, 3.63) is 86.3 Å². The minimum Gasteiger partial charge on any atom is -0.495 e. The summed E-state index contributed by atoms with van der Waals surface area (Å²) in [6.45, 7) is 0.379. The van der Waals surface area contributed by atoms with Crippen LogP contribution >= 0.6 is 11.6 Å². The van der Waals surface area contributed by atoms with Gasteiger partial charge in [0, 0.05) is 18.7 Å². The molecule has 1 amide bonds. The Morgan fingerprint density at radius 1 is 1.09 bits per heavy atom. The molecule has 0 aliphatic heterocycles. The van der Waals surface area contributed by atoms with Gasteiger partial charge in [-0.3, -0.25) is 14.2 Å². The monoisotopic (exact) mass is 497 g/mol. The maximum absolute atomic E-state index is 13.4. The number of hydrogen-bond donors (Lipinski definition) is 1. The maximum atomic E-state index is 13.4. The van der Waals surface area contributed by atoms with Crippen molar-refractivity contribution < 1.29 is 14.3 Å². The molecule has 0 unspecified atom stereocenters. The van der Waals surface area contributed by atoms with Gasteiger partial charge in [0.25, 0.3) is 5.56 Å². The van der Waals surface area contributed by atoms with Crippen LogP contribution in [0.1, 0.15) is 5.56 Å². The van der Waals surface area contributed by atoms with Crippen molar-refractivity contribution in [2.45, 2.75) is 19.6 Å². The average molecular weight is 498 g/mol. The lowest BCUT2D eigenvalue weighted by Gasteiger charge is -2.14. The molecule has 0 atom stereocenters. The summed E-state index contributed by atoms with van der Waals surface area (Å²) in [7, 11) is 3.01. The van der Waals surface area contributed by atoms with Crippen LogP contribution in [-0.4, -0.2) is 45.4 Å². The molecule has 0 aliphatic rings. The van der Waals surface area contributed by atoms with Crippen molar-refractivity contribution in [1.29, 1.82) is 0 Å². The first kappa shape index (κ1) is 24.2. The lowest BCUT2D eigenvalue weighted by atomic mass is 10.2. The van der Waals surface area contributed by atoms with Crippen molar-refractivity contribution >= 4 is 34.4 Å². The molecule has 4 aromatic rings. The van der Waals surface area contributed by atoms with Crippen LogP contribution in [0.3, 0.4) is 0 Å². The Kier molecular flexibility index (Phi) is 7.33. The first-order chi connectivity index (χ1) is 16.9. The fourth-order valence-electron chi connectivity index (χ4n) is 3.76. The molecule has 0 fully saturated rings. The Bertz CT molecular complexity index is 1480. The summed E-state index contributed by atoms with van der Waals surface area (Å²) < 4.78 is 14.3. The van der Waals surface area contributed by atoms with E-state index < -0.39 is 23.7 Å². The highest BCUT2D eigenvalue weighted by Gasteiger charge is 2.20. The van der Waals surface area contributed by atoms with Gasteiger partial charge in [0.15, 0.2) is 11.2 Å². The quantitative estimate of drug-likeness (QED) is 0.380. The first-order valence-corrected chi connectivity index (χ1v) is 11.2. The van der Waals surface area contributed by atoms with Crippen LogP contribution in [0.4, 0.5) is 5.69 Å². The van der Waals surface area contributed by atoms with Crippen molar-refractivity contribution in [2.75, 3.05) is 26.1 Å². The Morgan fingerprint density at radius 2 is 1.86 bits per heavy atom. The van der Waals surface area contributed by atoms with E-state index >= 15 is 0 Å². The number of nitrogens with zero attached hydrogens (tertiary/aromatic N) is 4. The SMILES string of the molecule is COCCn1cnc2c1c(=O)n(CC(=O)Nc1cc(Cl)ccc1OC)c(=O)n2Cc1ccccc1. The summed E-state index contributed by atoms with van der Waals surface area (Å²) in [5.74, 6) is -0.192. The summed E-state index contributed by atoms with van der Waals surface area (Å²) in [5.41, 5.74) is 0.376. The number of halogens is 1. The standard InChI is InChI=1S/C24H24ClN5O5/c1-34-11-10-28-15-26-22-21(28)23(32)30(24(33)29(22)13-16-6-4-3-5-7-16)14-20(31)27-18-12-17(25)8-9-19(18)35-2/h3-9,12,15H,10-11,13-14H2,1-2H3,(H,27,31). The molecule has 0 saturated heterocycles. The number of rotatable bonds is 9. The van der Waals surface area contributed by atoms with Gasteiger partial charge in [-0.2, -0.15) is 0 Å². The van der Waals surface area contributed by atoms with Gasteiger partial charge in [-0.15, -0.1) is 0 Å². The van der Waals surface area contributed by atoms with E-state index in [0.717, 1.165) is 10.1 Å². The van der Waals surface area contributed by atoms with Crippen LogP contribution in [0.25, 0.3) is 11.2 Å². The number of ether oxygens (including phenoxy) is 2. The second-order valence-electron chi connectivity index (χ2n) is 7.74. The van der Waals surface area contributed by atoms with E-state index in [4.69, 9.17) is 21.1 Å². The number of benzene rings is 2. The van der Waals surface area contributed by atoms with Gasteiger partial charge in [-0.1, -0.05) is 41.9 Å². The number of imidazole rings is 1. The van der Waals surface area contributed by atoms with Gasteiger partial charge < -0.3 is 19.4 Å². The Hall–Kier alpha value is -3.89. The minimum atomic E-state index is -0.642. The molecule has 0 saturated carbocycles. The minimum absolute atomic E-state index is 0.182. The highest BCUT2D eigenvalue weighted by Crippen LogP contribution is 2.27. The van der Waals surface area contributed by atoms with Gasteiger partial charge >= 0.3 is 5.69 Å². The molecule has 35 heavy (non-hydrogen) atoms. The molecular weight excluding hydrogens is 474 g/mol. The molecule has 10 nitrogen and oxygen atoms in total. The number of methoxy groups -OCH3 is 2. The van der Waals surface area contributed by atoms with Crippen molar-refractivity contribution in [3.8, 4) is 5.75 Å². The Morgan fingerprint density at radius 3 is 2.57 bits per heavy atom. The second-order valence-corrected chi connectivity index (χ2v) is 8.18. The van der Waals surface area contributed by atoms with Gasteiger partial charge in [0.05, 0.1) is 32.3 Å². The molecule has 2 aromatic heterocycles. The van der Waals surface area contributed by atoms with E-state index in [-0.39, 0.29) is 17.7 Å². The topological polar surface area (TPSA) is 109 Å². The van der Waals surface area contributed by atoms with Crippen molar-refractivity contribution in [1.82, 2.24) is 18.7 Å². The van der Waals surface area contributed by atoms with E-state index in [0.29, 0.717) is 29.6 Å².